The minimum Gasteiger partial charge on any atom is -0.481 e. The molecule has 0 aliphatic rings. The lowest BCUT2D eigenvalue weighted by Crippen LogP contribution is -2.57. The number of ether oxygens (including phenoxy) is 1. The lowest BCUT2D eigenvalue weighted by atomic mass is 9.72. The van der Waals surface area contributed by atoms with Crippen molar-refractivity contribution in [2.75, 3.05) is 0 Å². The molecule has 12 nitrogen and oxygen atoms in total. The van der Waals surface area contributed by atoms with Crippen LogP contribution in [0.4, 0.5) is 10.5 Å². The molecule has 12 heteroatoms. The van der Waals surface area contributed by atoms with Gasteiger partial charge in [-0.3, -0.25) is 24.5 Å². The fourth-order valence-corrected chi connectivity index (χ4v) is 3.43. The zero-order valence-corrected chi connectivity index (χ0v) is 20.1. The molecule has 0 heterocycles. The number of carboxylic acids is 1. The van der Waals surface area contributed by atoms with Crippen LogP contribution < -0.4 is 16.4 Å². The number of hydrogen-bond donors (Lipinski definition) is 4. The van der Waals surface area contributed by atoms with E-state index in [9.17, 15) is 34.4 Å². The summed E-state index contributed by atoms with van der Waals surface area (Å²) in [6, 6.07) is 2.65. The second-order valence-corrected chi connectivity index (χ2v) is 9.88. The quantitative estimate of drug-likeness (QED) is 0.305. The van der Waals surface area contributed by atoms with E-state index in [1.54, 1.807) is 47.6 Å². The first kappa shape index (κ1) is 28.3. The first-order chi connectivity index (χ1) is 15.4. The van der Waals surface area contributed by atoms with E-state index in [2.05, 4.69) is 10.6 Å². The first-order valence-corrected chi connectivity index (χ1v) is 10.5. The van der Waals surface area contributed by atoms with Crippen molar-refractivity contribution >= 4 is 29.6 Å². The maximum atomic E-state index is 13.0. The fourth-order valence-electron chi connectivity index (χ4n) is 3.43. The molecule has 1 rings (SSSR count). The SMILES string of the molecule is CC(C)(C)OC(=O)N[C@@H](CC(=O)O)C(=O)N[C@H](C(N)=O)C(c1cccc([N+](=O)[O-])c1)C(C)(C)C. The number of primary amides is 1. The maximum absolute atomic E-state index is 13.0. The molecule has 1 unspecified atom stereocenters. The smallest absolute Gasteiger partial charge is 0.408 e. The van der Waals surface area contributed by atoms with Crippen molar-refractivity contribution in [3.8, 4) is 0 Å². The molecule has 0 saturated heterocycles. The molecule has 3 atom stereocenters. The van der Waals surface area contributed by atoms with E-state index in [0.717, 1.165) is 0 Å². The average Bonchev–Trinajstić information content (AvgIpc) is 2.64. The molecule has 3 amide bonds. The number of nitrogens with one attached hydrogen (secondary N) is 2. The third-order valence-electron chi connectivity index (χ3n) is 4.70. The number of rotatable bonds is 9. The van der Waals surface area contributed by atoms with Gasteiger partial charge in [0.1, 0.15) is 17.7 Å². The summed E-state index contributed by atoms with van der Waals surface area (Å²) in [7, 11) is 0. The van der Waals surface area contributed by atoms with Gasteiger partial charge in [-0.1, -0.05) is 32.9 Å². The highest BCUT2D eigenvalue weighted by atomic mass is 16.6. The van der Waals surface area contributed by atoms with Crippen LogP contribution in [0.15, 0.2) is 24.3 Å². The van der Waals surface area contributed by atoms with Crippen molar-refractivity contribution < 1.29 is 33.9 Å². The standard InChI is InChI=1S/C22H32N4O8/c1-21(2,3)16(12-8-7-9-13(10-12)26(32)33)17(18(23)29)25-19(30)14(11-15(27)28)24-20(31)34-22(4,5)6/h7-10,14,16-17H,11H2,1-6H3,(H2,23,29)(H,24,31)(H,25,30)(H,27,28)/t14-,16?,17-/m0/s1. The van der Waals surface area contributed by atoms with E-state index in [-0.39, 0.29) is 5.69 Å². The number of nitro groups is 1. The molecule has 0 spiro atoms. The Labute approximate surface area is 197 Å². The predicted octanol–water partition coefficient (Wildman–Crippen LogP) is 2.06. The first-order valence-electron chi connectivity index (χ1n) is 10.5. The van der Waals surface area contributed by atoms with Crippen LogP contribution in [0.25, 0.3) is 0 Å². The topological polar surface area (TPSA) is 191 Å². The Morgan fingerprint density at radius 1 is 1.12 bits per heavy atom. The molecule has 0 bridgehead atoms. The van der Waals surface area contributed by atoms with Gasteiger partial charge in [0.15, 0.2) is 0 Å². The molecule has 0 aromatic heterocycles. The summed E-state index contributed by atoms with van der Waals surface area (Å²) in [5.41, 5.74) is 4.13. The van der Waals surface area contributed by atoms with Gasteiger partial charge in [-0.25, -0.2) is 4.79 Å². The maximum Gasteiger partial charge on any atom is 0.408 e. The van der Waals surface area contributed by atoms with Gasteiger partial charge >= 0.3 is 12.1 Å². The summed E-state index contributed by atoms with van der Waals surface area (Å²) >= 11 is 0. The Kier molecular flexibility index (Phi) is 9.12. The summed E-state index contributed by atoms with van der Waals surface area (Å²) in [6.45, 7) is 10.0. The number of alkyl carbamates (subject to hydrolysis) is 1. The van der Waals surface area contributed by atoms with Crippen LogP contribution in [-0.2, 0) is 19.1 Å². The van der Waals surface area contributed by atoms with Crippen molar-refractivity contribution in [2.24, 2.45) is 11.1 Å². The number of non-ortho nitro benzene ring substituents is 1. The number of carboxylic acid groups (broad SMARTS) is 1. The van der Waals surface area contributed by atoms with Gasteiger partial charge in [0.05, 0.1) is 11.3 Å². The highest BCUT2D eigenvalue weighted by molar-refractivity contribution is 5.93. The molecule has 188 valence electrons. The van der Waals surface area contributed by atoms with Crippen LogP contribution in [0.2, 0.25) is 0 Å². The molecule has 1 aromatic rings. The molecular formula is C22H32N4O8. The van der Waals surface area contributed by atoms with E-state index >= 15 is 0 Å². The third kappa shape index (κ3) is 8.68. The second kappa shape index (κ2) is 10.9. The molecule has 34 heavy (non-hydrogen) atoms. The van der Waals surface area contributed by atoms with Crippen molar-refractivity contribution in [1.29, 1.82) is 0 Å². The molecule has 5 N–H and O–H groups in total. The monoisotopic (exact) mass is 480 g/mol. The number of nitrogens with zero attached hydrogens (tertiary/aromatic N) is 1. The Hall–Kier alpha value is -3.70. The van der Waals surface area contributed by atoms with E-state index < -0.39 is 64.2 Å². The number of amides is 3. The van der Waals surface area contributed by atoms with E-state index in [1.165, 1.54) is 18.2 Å². The van der Waals surface area contributed by atoms with Crippen molar-refractivity contribution in [2.45, 2.75) is 71.6 Å². The number of benzene rings is 1. The number of carbonyl (C=O) groups excluding carboxylic acids is 3. The lowest BCUT2D eigenvalue weighted by Gasteiger charge is -2.37. The summed E-state index contributed by atoms with van der Waals surface area (Å²) in [5, 5.41) is 25.1. The van der Waals surface area contributed by atoms with Crippen LogP contribution in [0.5, 0.6) is 0 Å². The molecule has 0 aliphatic heterocycles. The van der Waals surface area contributed by atoms with Crippen molar-refractivity contribution in [1.82, 2.24) is 10.6 Å². The Morgan fingerprint density at radius 2 is 1.71 bits per heavy atom. The van der Waals surface area contributed by atoms with Gasteiger partial charge in [0.2, 0.25) is 11.8 Å². The molecule has 0 saturated carbocycles. The Bertz CT molecular complexity index is 949. The largest absolute Gasteiger partial charge is 0.481 e. The minimum atomic E-state index is -1.57. The average molecular weight is 481 g/mol. The molecule has 1 aromatic carbocycles. The van der Waals surface area contributed by atoms with Crippen LogP contribution in [0.1, 0.15) is 59.4 Å². The Morgan fingerprint density at radius 3 is 2.15 bits per heavy atom. The van der Waals surface area contributed by atoms with E-state index in [4.69, 9.17) is 10.5 Å². The predicted molar refractivity (Wildman–Crippen MR) is 122 cm³/mol. The number of hydrogen-bond acceptors (Lipinski definition) is 7. The number of carbonyl (C=O) groups is 4. The number of aliphatic carboxylic acids is 1. The van der Waals surface area contributed by atoms with Crippen LogP contribution in [-0.4, -0.2) is 51.6 Å². The normalized spacial score (nSPS) is 14.3. The van der Waals surface area contributed by atoms with Crippen LogP contribution in [0, 0.1) is 15.5 Å². The van der Waals surface area contributed by atoms with Gasteiger partial charge in [-0.15, -0.1) is 0 Å². The summed E-state index contributed by atoms with van der Waals surface area (Å²) in [6.07, 6.45) is -1.80. The van der Waals surface area contributed by atoms with E-state index in [0.29, 0.717) is 5.56 Å². The van der Waals surface area contributed by atoms with Gasteiger partial charge in [-0.05, 0) is 31.7 Å². The Balaban J connectivity index is 3.33. The highest BCUT2D eigenvalue weighted by Gasteiger charge is 2.40. The summed E-state index contributed by atoms with van der Waals surface area (Å²) < 4.78 is 5.08. The van der Waals surface area contributed by atoms with Gasteiger partial charge in [0.25, 0.3) is 5.69 Å². The van der Waals surface area contributed by atoms with Crippen LogP contribution in [0.3, 0.4) is 0 Å². The number of nitrogens with two attached hydrogens (primary N) is 1. The molecular weight excluding hydrogens is 448 g/mol. The van der Waals surface area contributed by atoms with Gasteiger partial charge in [0, 0.05) is 18.1 Å². The fraction of sp³-hybridized carbons (Fsp3) is 0.545. The van der Waals surface area contributed by atoms with Gasteiger partial charge < -0.3 is 26.2 Å². The van der Waals surface area contributed by atoms with Crippen LogP contribution >= 0.6 is 0 Å². The molecule has 0 radical (unpaired) electrons. The minimum absolute atomic E-state index is 0.211. The summed E-state index contributed by atoms with van der Waals surface area (Å²) in [5.74, 6) is -4.11. The van der Waals surface area contributed by atoms with Crippen molar-refractivity contribution in [3.05, 3.63) is 39.9 Å². The zero-order valence-electron chi connectivity index (χ0n) is 20.1. The molecule has 0 aliphatic carbocycles. The summed E-state index contributed by atoms with van der Waals surface area (Å²) in [4.78, 5) is 59.5. The van der Waals surface area contributed by atoms with E-state index in [1.807, 2.05) is 0 Å². The lowest BCUT2D eigenvalue weighted by molar-refractivity contribution is -0.384. The third-order valence-corrected chi connectivity index (χ3v) is 4.70. The van der Waals surface area contributed by atoms with Crippen molar-refractivity contribution in [3.63, 3.8) is 0 Å². The molecule has 0 fully saturated rings. The highest BCUT2D eigenvalue weighted by Crippen LogP contribution is 2.39. The zero-order chi connectivity index (χ0) is 26.4. The number of nitro benzene ring substituents is 1. The van der Waals surface area contributed by atoms with Gasteiger partial charge in [-0.2, -0.15) is 0 Å². The second-order valence-electron chi connectivity index (χ2n) is 9.88.